The van der Waals surface area contributed by atoms with E-state index in [2.05, 4.69) is 32.6 Å². The van der Waals surface area contributed by atoms with Crippen molar-refractivity contribution in [2.24, 2.45) is 5.92 Å². The van der Waals surface area contributed by atoms with Crippen LogP contribution < -0.4 is 58.2 Å². The second-order valence-corrected chi connectivity index (χ2v) is 3.73. The zero-order valence-corrected chi connectivity index (χ0v) is 13.8. The van der Waals surface area contributed by atoms with Crippen molar-refractivity contribution in [1.29, 1.82) is 0 Å². The summed E-state index contributed by atoms with van der Waals surface area (Å²) in [5, 5.41) is 0. The molecular formula is C9H18NORb. The summed E-state index contributed by atoms with van der Waals surface area (Å²) in [5.41, 5.74) is 0. The van der Waals surface area contributed by atoms with E-state index in [4.69, 9.17) is 4.74 Å². The van der Waals surface area contributed by atoms with Crippen LogP contribution in [0.5, 0.6) is 0 Å². The van der Waals surface area contributed by atoms with Crippen LogP contribution >= 0.6 is 0 Å². The molecule has 0 bridgehead atoms. The summed E-state index contributed by atoms with van der Waals surface area (Å²) in [6, 6.07) is 0.584. The Hall–Kier alpha value is 1.73. The molecule has 2 nitrogen and oxygen atoms in total. The van der Waals surface area contributed by atoms with Crippen LogP contribution in [-0.2, 0) is 4.74 Å². The largest absolute Gasteiger partial charge is 1.00 e. The molecule has 1 heterocycles. The zero-order valence-electron chi connectivity index (χ0n) is 8.87. The molecule has 0 unspecified atom stereocenters. The molecule has 1 atom stereocenters. The summed E-state index contributed by atoms with van der Waals surface area (Å²) in [6.45, 7) is 11.7. The maximum Gasteiger partial charge on any atom is 1.00 e. The van der Waals surface area contributed by atoms with Crippen molar-refractivity contribution < 1.29 is 62.9 Å². The predicted molar refractivity (Wildman–Crippen MR) is 45.9 cm³/mol. The number of hydrogen-bond acceptors (Lipinski definition) is 2. The molecule has 0 aromatic heterocycles. The van der Waals surface area contributed by atoms with Gasteiger partial charge in [-0.25, -0.2) is 0 Å². The molecule has 0 radical (unpaired) electrons. The Morgan fingerprint density at radius 1 is 1.33 bits per heavy atom. The molecule has 1 fully saturated rings. The van der Waals surface area contributed by atoms with Crippen LogP contribution in [0.25, 0.3) is 0 Å². The minimum atomic E-state index is 0. The fraction of sp³-hybridized carbons (Fsp3) is 0.889. The van der Waals surface area contributed by atoms with E-state index in [9.17, 15) is 0 Å². The van der Waals surface area contributed by atoms with Gasteiger partial charge in [-0.15, -0.1) is 6.54 Å². The van der Waals surface area contributed by atoms with E-state index >= 15 is 0 Å². The van der Waals surface area contributed by atoms with Gasteiger partial charge in [-0.1, -0.05) is 13.8 Å². The molecule has 0 saturated carbocycles. The van der Waals surface area contributed by atoms with Gasteiger partial charge in [-0.05, 0) is 19.8 Å². The summed E-state index contributed by atoms with van der Waals surface area (Å²) in [5.74, 6) is 0.580. The van der Waals surface area contributed by atoms with Crippen molar-refractivity contribution in [2.75, 3.05) is 6.54 Å². The number of nitrogens with zero attached hydrogens (tertiary/aromatic N) is 1. The Morgan fingerprint density at radius 2 is 1.92 bits per heavy atom. The second kappa shape index (κ2) is 6.25. The molecule has 1 aliphatic rings. The molecule has 1 saturated heterocycles. The van der Waals surface area contributed by atoms with Gasteiger partial charge in [0.2, 0.25) is 0 Å². The summed E-state index contributed by atoms with van der Waals surface area (Å²) < 4.78 is 5.49. The summed E-state index contributed by atoms with van der Waals surface area (Å²) >= 11 is 0. The fourth-order valence-electron chi connectivity index (χ4n) is 1.45. The number of rotatable bonds is 2. The van der Waals surface area contributed by atoms with E-state index in [-0.39, 0.29) is 58.2 Å². The quantitative estimate of drug-likeness (QED) is 0.568. The summed E-state index contributed by atoms with van der Waals surface area (Å²) in [7, 11) is 0. The van der Waals surface area contributed by atoms with Gasteiger partial charge in [0.05, 0.1) is 6.23 Å². The first-order chi connectivity index (χ1) is 5.13. The molecule has 0 aromatic carbocycles. The van der Waals surface area contributed by atoms with Gasteiger partial charge in [0.15, 0.2) is 0 Å². The Labute approximate surface area is 125 Å². The minimum absolute atomic E-state index is 0. The molecule has 0 aromatic rings. The van der Waals surface area contributed by atoms with Crippen molar-refractivity contribution in [3.8, 4) is 0 Å². The van der Waals surface area contributed by atoms with Gasteiger partial charge in [0, 0.05) is 6.04 Å². The Kier molecular flexibility index (Phi) is 7.15. The van der Waals surface area contributed by atoms with Crippen molar-refractivity contribution in [3.63, 3.8) is 0 Å². The maximum atomic E-state index is 5.49. The molecule has 3 heteroatoms. The van der Waals surface area contributed by atoms with E-state index < -0.39 is 0 Å². The van der Waals surface area contributed by atoms with Crippen molar-refractivity contribution in [2.45, 2.75) is 40.0 Å². The van der Waals surface area contributed by atoms with E-state index in [0.717, 1.165) is 6.54 Å². The summed E-state index contributed by atoms with van der Waals surface area (Å²) in [6.07, 6.45) is 0.301. The van der Waals surface area contributed by atoms with Crippen molar-refractivity contribution >= 4 is 0 Å². The molecule has 66 valence electrons. The van der Waals surface area contributed by atoms with Gasteiger partial charge >= 0.3 is 58.2 Å². The van der Waals surface area contributed by atoms with Gasteiger partial charge in [-0.2, -0.15) is 6.61 Å². The molecule has 1 aliphatic heterocycles. The predicted octanol–water partition coefficient (Wildman–Crippen LogP) is -1.13. The van der Waals surface area contributed by atoms with E-state index in [1.54, 1.807) is 0 Å². The first kappa shape index (κ1) is 13.7. The molecule has 1 rings (SSSR count). The van der Waals surface area contributed by atoms with Gasteiger partial charge in [0.25, 0.3) is 0 Å². The van der Waals surface area contributed by atoms with Crippen LogP contribution in [0.4, 0.5) is 0 Å². The zero-order chi connectivity index (χ0) is 8.43. The van der Waals surface area contributed by atoms with Crippen molar-refractivity contribution in [3.05, 3.63) is 6.61 Å². The molecule has 0 spiro atoms. The van der Waals surface area contributed by atoms with Gasteiger partial charge < -0.3 is 9.64 Å². The van der Waals surface area contributed by atoms with Gasteiger partial charge in [0.1, 0.15) is 0 Å². The number of hydrogen-bond donors (Lipinski definition) is 0. The molecule has 0 amide bonds. The van der Waals surface area contributed by atoms with E-state index in [1.807, 2.05) is 6.61 Å². The monoisotopic (exact) mass is 241 g/mol. The third-order valence-corrected chi connectivity index (χ3v) is 2.08. The van der Waals surface area contributed by atoms with E-state index in [1.165, 1.54) is 0 Å². The Bertz CT molecular complexity index is 114. The molecule has 0 aliphatic carbocycles. The molecule has 0 N–H and O–H groups in total. The molecule has 12 heavy (non-hydrogen) atoms. The SMILES string of the molecule is CC(C)[C@@H]1O[CH-]CN1C(C)C.[Rb+]. The standard InChI is InChI=1S/C9H18NO.Rb/c1-7(2)9-10(8(3)4)5-6-11-9;/h6-9H,5H2,1-4H3;/q-1;+1/t9-;/m0./s1. The van der Waals surface area contributed by atoms with Crippen molar-refractivity contribution in [1.82, 2.24) is 4.90 Å². The summed E-state index contributed by atoms with van der Waals surface area (Å²) in [4.78, 5) is 2.37. The minimum Gasteiger partial charge on any atom is -0.537 e. The first-order valence-electron chi connectivity index (χ1n) is 4.36. The van der Waals surface area contributed by atoms with Crippen LogP contribution in [0, 0.1) is 12.5 Å². The third kappa shape index (κ3) is 3.47. The fourth-order valence-corrected chi connectivity index (χ4v) is 1.45. The van der Waals surface area contributed by atoms with E-state index in [0.29, 0.717) is 18.2 Å². The Morgan fingerprint density at radius 3 is 2.25 bits per heavy atom. The van der Waals surface area contributed by atoms with Crippen LogP contribution in [0.15, 0.2) is 0 Å². The normalized spacial score (nSPS) is 25.0. The Balaban J connectivity index is 0.00000121. The smallest absolute Gasteiger partial charge is 0.537 e. The van der Waals surface area contributed by atoms with Crippen LogP contribution in [-0.4, -0.2) is 23.7 Å². The van der Waals surface area contributed by atoms with Crippen LogP contribution in [0.1, 0.15) is 27.7 Å². The number of ether oxygens (including phenoxy) is 1. The maximum absolute atomic E-state index is 5.49. The molecular weight excluding hydrogens is 224 g/mol. The first-order valence-corrected chi connectivity index (χ1v) is 4.36. The van der Waals surface area contributed by atoms with Gasteiger partial charge in [-0.3, -0.25) is 0 Å². The second-order valence-electron chi connectivity index (χ2n) is 3.73. The van der Waals surface area contributed by atoms with Crippen LogP contribution in [0.2, 0.25) is 0 Å². The average molecular weight is 242 g/mol. The third-order valence-electron chi connectivity index (χ3n) is 2.08. The average Bonchev–Trinajstić information content (AvgIpc) is 2.32. The van der Waals surface area contributed by atoms with Crippen LogP contribution in [0.3, 0.4) is 0 Å². The topological polar surface area (TPSA) is 12.5 Å².